The summed E-state index contributed by atoms with van der Waals surface area (Å²) in [7, 11) is 4.02. The highest BCUT2D eigenvalue weighted by molar-refractivity contribution is 6.17. The Balaban J connectivity index is 2.55. The van der Waals surface area contributed by atoms with Crippen LogP contribution >= 0.6 is 0 Å². The van der Waals surface area contributed by atoms with Crippen LogP contribution in [0.2, 0.25) is 0 Å². The Bertz CT molecular complexity index is 480. The molecule has 0 saturated heterocycles. The van der Waals surface area contributed by atoms with Gasteiger partial charge in [0.1, 0.15) is 5.82 Å². The standard InChI is InChI=1S/C12H15BN2/c1-3-9-4-5-10-7-12(15(2)13)14-8-11(10)6-9/h4-8H,3,13H2,1-2H3. The van der Waals surface area contributed by atoms with E-state index in [9.17, 15) is 0 Å². The van der Waals surface area contributed by atoms with Crippen LogP contribution in [0.1, 0.15) is 12.5 Å². The number of hydrogen-bond donors (Lipinski definition) is 0. The minimum atomic E-state index is 1.01. The van der Waals surface area contributed by atoms with Crippen molar-refractivity contribution >= 4 is 24.6 Å². The van der Waals surface area contributed by atoms with Gasteiger partial charge in [-0.05, 0) is 36.6 Å². The predicted octanol–water partition coefficient (Wildman–Crippen LogP) is 1.78. The van der Waals surface area contributed by atoms with E-state index in [1.807, 2.05) is 26.0 Å². The van der Waals surface area contributed by atoms with Gasteiger partial charge in [0.2, 0.25) is 7.98 Å². The van der Waals surface area contributed by atoms with Gasteiger partial charge in [-0.2, -0.15) is 0 Å². The molecule has 1 heterocycles. The van der Waals surface area contributed by atoms with E-state index < -0.39 is 0 Å². The average Bonchev–Trinajstić information content (AvgIpc) is 2.27. The summed E-state index contributed by atoms with van der Waals surface area (Å²) in [5, 5.41) is 2.48. The van der Waals surface area contributed by atoms with Gasteiger partial charge in [-0.3, -0.25) is 0 Å². The molecule has 2 aromatic rings. The second kappa shape index (κ2) is 3.93. The van der Waals surface area contributed by atoms with Crippen LogP contribution in [0.15, 0.2) is 30.5 Å². The van der Waals surface area contributed by atoms with E-state index >= 15 is 0 Å². The lowest BCUT2D eigenvalue weighted by molar-refractivity contribution is 1.14. The second-order valence-electron chi connectivity index (χ2n) is 3.97. The Morgan fingerprint density at radius 1 is 1.27 bits per heavy atom. The number of aromatic nitrogens is 1. The molecule has 0 radical (unpaired) electrons. The number of hydrogen-bond acceptors (Lipinski definition) is 2. The van der Waals surface area contributed by atoms with E-state index in [1.165, 1.54) is 16.3 Å². The molecule has 15 heavy (non-hydrogen) atoms. The largest absolute Gasteiger partial charge is 0.410 e. The van der Waals surface area contributed by atoms with Crippen LogP contribution in [0.4, 0.5) is 5.82 Å². The van der Waals surface area contributed by atoms with Crippen molar-refractivity contribution in [2.24, 2.45) is 0 Å². The zero-order chi connectivity index (χ0) is 10.8. The lowest BCUT2D eigenvalue weighted by Gasteiger charge is -2.12. The van der Waals surface area contributed by atoms with Crippen molar-refractivity contribution in [3.05, 3.63) is 36.0 Å². The first-order valence-electron chi connectivity index (χ1n) is 5.26. The fourth-order valence-corrected chi connectivity index (χ4v) is 1.64. The van der Waals surface area contributed by atoms with Crippen molar-refractivity contribution in [3.63, 3.8) is 0 Å². The topological polar surface area (TPSA) is 16.1 Å². The SMILES string of the molecule is BN(C)c1cc2ccc(CC)cc2cn1. The zero-order valence-electron chi connectivity index (χ0n) is 9.49. The van der Waals surface area contributed by atoms with Crippen LogP contribution < -0.4 is 4.81 Å². The number of aryl methyl sites for hydroxylation is 1. The third-order valence-corrected chi connectivity index (χ3v) is 2.64. The molecular formula is C12H15BN2. The van der Waals surface area contributed by atoms with Crippen LogP contribution in [0.25, 0.3) is 10.8 Å². The van der Waals surface area contributed by atoms with E-state index in [2.05, 4.69) is 36.2 Å². The molecule has 0 aliphatic rings. The third-order valence-electron chi connectivity index (χ3n) is 2.64. The lowest BCUT2D eigenvalue weighted by atomic mass is 10.1. The van der Waals surface area contributed by atoms with Gasteiger partial charge >= 0.3 is 0 Å². The molecule has 2 rings (SSSR count). The van der Waals surface area contributed by atoms with Gasteiger partial charge in [-0.1, -0.05) is 19.1 Å². The Morgan fingerprint density at radius 3 is 2.73 bits per heavy atom. The van der Waals surface area contributed by atoms with E-state index in [0.717, 1.165) is 12.2 Å². The summed E-state index contributed by atoms with van der Waals surface area (Å²) in [4.78, 5) is 6.43. The molecule has 0 atom stereocenters. The molecule has 0 spiro atoms. The molecule has 1 aromatic heterocycles. The summed E-state index contributed by atoms with van der Waals surface area (Å²) < 4.78 is 0. The first-order chi connectivity index (χ1) is 7.20. The third kappa shape index (κ3) is 1.96. The van der Waals surface area contributed by atoms with Crippen LogP contribution in [-0.2, 0) is 6.42 Å². The molecule has 2 nitrogen and oxygen atoms in total. The molecule has 0 unspecified atom stereocenters. The van der Waals surface area contributed by atoms with E-state index in [0.29, 0.717) is 0 Å². The van der Waals surface area contributed by atoms with Crippen LogP contribution in [0.5, 0.6) is 0 Å². The molecule has 76 valence electrons. The van der Waals surface area contributed by atoms with Crippen molar-refractivity contribution in [3.8, 4) is 0 Å². The van der Waals surface area contributed by atoms with E-state index in [-0.39, 0.29) is 0 Å². The van der Waals surface area contributed by atoms with Crippen molar-refractivity contribution in [2.45, 2.75) is 13.3 Å². The van der Waals surface area contributed by atoms with Crippen molar-refractivity contribution in [2.75, 3.05) is 11.9 Å². The number of fused-ring (bicyclic) bond motifs is 1. The van der Waals surface area contributed by atoms with Gasteiger partial charge in [0.05, 0.1) is 0 Å². The van der Waals surface area contributed by atoms with Gasteiger partial charge in [0, 0.05) is 11.6 Å². The number of pyridine rings is 1. The highest BCUT2D eigenvalue weighted by Gasteiger charge is 2.00. The number of benzene rings is 1. The Kier molecular flexibility index (Phi) is 2.63. The van der Waals surface area contributed by atoms with Crippen LogP contribution in [-0.4, -0.2) is 20.0 Å². The van der Waals surface area contributed by atoms with Crippen molar-refractivity contribution < 1.29 is 0 Å². The smallest absolute Gasteiger partial charge is 0.219 e. The molecule has 0 bridgehead atoms. The Morgan fingerprint density at radius 2 is 2.07 bits per heavy atom. The molecule has 0 N–H and O–H groups in total. The highest BCUT2D eigenvalue weighted by atomic mass is 15.1. The summed E-state index contributed by atoms with van der Waals surface area (Å²) in [6.45, 7) is 2.17. The summed E-state index contributed by atoms with van der Waals surface area (Å²) >= 11 is 0. The molecule has 3 heteroatoms. The summed E-state index contributed by atoms with van der Waals surface area (Å²) in [5.74, 6) is 1.01. The van der Waals surface area contributed by atoms with Gasteiger partial charge in [-0.15, -0.1) is 0 Å². The lowest BCUT2D eigenvalue weighted by Crippen LogP contribution is -2.12. The molecule has 0 aliphatic heterocycles. The number of nitrogens with zero attached hydrogens (tertiary/aromatic N) is 2. The first-order valence-corrected chi connectivity index (χ1v) is 5.26. The zero-order valence-corrected chi connectivity index (χ0v) is 9.49. The molecule has 0 fully saturated rings. The fraction of sp³-hybridized carbons (Fsp3) is 0.250. The maximum absolute atomic E-state index is 4.41. The average molecular weight is 198 g/mol. The quantitative estimate of drug-likeness (QED) is 0.683. The summed E-state index contributed by atoms with van der Waals surface area (Å²) in [6.07, 6.45) is 3.02. The van der Waals surface area contributed by atoms with Gasteiger partial charge < -0.3 is 4.81 Å². The number of rotatable bonds is 2. The number of anilines is 1. The van der Waals surface area contributed by atoms with Crippen LogP contribution in [0.3, 0.4) is 0 Å². The monoisotopic (exact) mass is 198 g/mol. The minimum absolute atomic E-state index is 1.01. The maximum Gasteiger partial charge on any atom is 0.219 e. The van der Waals surface area contributed by atoms with E-state index in [4.69, 9.17) is 0 Å². The fourth-order valence-electron chi connectivity index (χ4n) is 1.64. The van der Waals surface area contributed by atoms with Gasteiger partial charge in [0.15, 0.2) is 0 Å². The Labute approximate surface area is 91.4 Å². The van der Waals surface area contributed by atoms with E-state index in [1.54, 1.807) is 0 Å². The normalized spacial score (nSPS) is 10.5. The Hall–Kier alpha value is -1.51. The van der Waals surface area contributed by atoms with Crippen molar-refractivity contribution in [1.82, 2.24) is 4.98 Å². The van der Waals surface area contributed by atoms with Crippen LogP contribution in [0, 0.1) is 0 Å². The second-order valence-corrected chi connectivity index (χ2v) is 3.97. The van der Waals surface area contributed by atoms with Crippen molar-refractivity contribution in [1.29, 1.82) is 0 Å². The molecule has 0 aliphatic carbocycles. The first kappa shape index (κ1) is 10.0. The van der Waals surface area contributed by atoms with Gasteiger partial charge in [0.25, 0.3) is 0 Å². The predicted molar refractivity (Wildman–Crippen MR) is 68.1 cm³/mol. The minimum Gasteiger partial charge on any atom is -0.410 e. The highest BCUT2D eigenvalue weighted by Crippen LogP contribution is 2.19. The molecule has 1 aromatic carbocycles. The summed E-state index contributed by atoms with van der Waals surface area (Å²) in [5.41, 5.74) is 1.36. The maximum atomic E-state index is 4.41. The summed E-state index contributed by atoms with van der Waals surface area (Å²) in [6, 6.07) is 8.68. The van der Waals surface area contributed by atoms with Gasteiger partial charge in [-0.25, -0.2) is 4.98 Å². The molecule has 0 amide bonds. The molecule has 0 saturated carbocycles. The molecular weight excluding hydrogens is 183 g/mol.